The molecule has 0 spiro atoms. The van der Waals surface area contributed by atoms with E-state index < -0.39 is 0 Å². The zero-order valence-corrected chi connectivity index (χ0v) is 11.2. The lowest BCUT2D eigenvalue weighted by Gasteiger charge is -2.02. The molecule has 0 aliphatic heterocycles. The van der Waals surface area contributed by atoms with Crippen LogP contribution < -0.4 is 5.32 Å². The Bertz CT molecular complexity index is 753. The smallest absolute Gasteiger partial charge is 0.272 e. The van der Waals surface area contributed by atoms with Crippen LogP contribution in [0.2, 0.25) is 0 Å². The molecule has 0 unspecified atom stereocenters. The summed E-state index contributed by atoms with van der Waals surface area (Å²) < 4.78 is 5.07. The fraction of sp³-hybridized carbons (Fsp3) is 0.214. The number of nitrogens with one attached hydrogen (secondary N) is 2. The monoisotopic (exact) mass is 270 g/mol. The molecule has 6 nitrogen and oxygen atoms in total. The lowest BCUT2D eigenvalue weighted by molar-refractivity contribution is 0.0947. The number of carbonyl (C=O) groups excluding carboxylic acids is 1. The molecular weight excluding hydrogens is 256 g/mol. The van der Waals surface area contributed by atoms with Crippen molar-refractivity contribution in [3.8, 4) is 0 Å². The number of amides is 1. The second kappa shape index (κ2) is 4.80. The number of benzene rings is 1. The number of rotatable bonds is 3. The van der Waals surface area contributed by atoms with E-state index in [1.54, 1.807) is 0 Å². The number of para-hydroxylation sites is 1. The normalized spacial score (nSPS) is 10.9. The van der Waals surface area contributed by atoms with Crippen molar-refractivity contribution in [2.75, 3.05) is 0 Å². The van der Waals surface area contributed by atoms with E-state index in [2.05, 4.69) is 20.7 Å². The number of aryl methyl sites for hydroxylation is 2. The lowest BCUT2D eigenvalue weighted by Crippen LogP contribution is -2.23. The average Bonchev–Trinajstić information content (AvgIpc) is 3.01. The third-order valence-electron chi connectivity index (χ3n) is 3.29. The highest BCUT2D eigenvalue weighted by Crippen LogP contribution is 2.16. The molecule has 0 aliphatic carbocycles. The van der Waals surface area contributed by atoms with Crippen LogP contribution in [0.1, 0.15) is 27.5 Å². The molecule has 0 saturated heterocycles. The maximum Gasteiger partial charge on any atom is 0.272 e. The van der Waals surface area contributed by atoms with Crippen molar-refractivity contribution in [2.24, 2.45) is 0 Å². The van der Waals surface area contributed by atoms with Crippen LogP contribution in [0.25, 0.3) is 10.9 Å². The zero-order chi connectivity index (χ0) is 14.1. The van der Waals surface area contributed by atoms with Gasteiger partial charge in [-0.05, 0) is 19.9 Å². The highest BCUT2D eigenvalue weighted by molar-refractivity contribution is 6.04. The average molecular weight is 270 g/mol. The Labute approximate surface area is 115 Å². The van der Waals surface area contributed by atoms with Gasteiger partial charge in [-0.1, -0.05) is 23.4 Å². The molecule has 0 aliphatic rings. The van der Waals surface area contributed by atoms with Gasteiger partial charge in [-0.2, -0.15) is 5.10 Å². The summed E-state index contributed by atoms with van der Waals surface area (Å²) in [5, 5.41) is 14.4. The molecule has 20 heavy (non-hydrogen) atoms. The second-order valence-electron chi connectivity index (χ2n) is 4.60. The molecule has 1 aromatic carbocycles. The zero-order valence-electron chi connectivity index (χ0n) is 11.2. The summed E-state index contributed by atoms with van der Waals surface area (Å²) in [5.74, 6) is 0.497. The molecule has 6 heteroatoms. The van der Waals surface area contributed by atoms with Crippen molar-refractivity contribution in [3.63, 3.8) is 0 Å². The van der Waals surface area contributed by atoms with Crippen molar-refractivity contribution >= 4 is 16.8 Å². The van der Waals surface area contributed by atoms with Crippen molar-refractivity contribution in [1.82, 2.24) is 20.7 Å². The van der Waals surface area contributed by atoms with Gasteiger partial charge in [-0.25, -0.2) is 0 Å². The number of H-pyrrole nitrogens is 1. The minimum atomic E-state index is -0.220. The third kappa shape index (κ3) is 2.05. The molecule has 0 atom stereocenters. The summed E-state index contributed by atoms with van der Waals surface area (Å²) in [5.41, 5.74) is 2.93. The summed E-state index contributed by atoms with van der Waals surface area (Å²) in [6.45, 7) is 4.05. The van der Waals surface area contributed by atoms with Crippen LogP contribution in [-0.4, -0.2) is 21.3 Å². The fourth-order valence-corrected chi connectivity index (χ4v) is 2.14. The molecule has 2 heterocycles. The summed E-state index contributed by atoms with van der Waals surface area (Å²) >= 11 is 0. The van der Waals surface area contributed by atoms with E-state index in [1.165, 1.54) is 0 Å². The van der Waals surface area contributed by atoms with Gasteiger partial charge < -0.3 is 9.84 Å². The van der Waals surface area contributed by atoms with Gasteiger partial charge >= 0.3 is 0 Å². The maximum absolute atomic E-state index is 12.2. The van der Waals surface area contributed by atoms with Gasteiger partial charge in [-0.15, -0.1) is 0 Å². The molecule has 2 aromatic heterocycles. The molecular formula is C14H14N4O2. The lowest BCUT2D eigenvalue weighted by atomic mass is 10.2. The first kappa shape index (κ1) is 12.4. The molecule has 2 N–H and O–H groups in total. The first-order chi connectivity index (χ1) is 9.66. The minimum Gasteiger partial charge on any atom is -0.361 e. The van der Waals surface area contributed by atoms with Crippen LogP contribution in [0.15, 0.2) is 28.8 Å². The standard InChI is InChI=1S/C14H14N4O2/c1-8-11(9(2)20-18-8)7-15-14(19)13-10-5-3-4-6-12(10)16-17-13/h3-6H,7H2,1-2H3,(H,15,19)(H,16,17). The van der Waals surface area contributed by atoms with Crippen LogP contribution in [-0.2, 0) is 6.54 Å². The number of hydrogen-bond donors (Lipinski definition) is 2. The first-order valence-electron chi connectivity index (χ1n) is 6.30. The van der Waals surface area contributed by atoms with E-state index in [4.69, 9.17) is 4.52 Å². The summed E-state index contributed by atoms with van der Waals surface area (Å²) in [6.07, 6.45) is 0. The van der Waals surface area contributed by atoms with E-state index in [1.807, 2.05) is 38.1 Å². The topological polar surface area (TPSA) is 83.8 Å². The highest BCUT2D eigenvalue weighted by atomic mass is 16.5. The summed E-state index contributed by atoms with van der Waals surface area (Å²) in [7, 11) is 0. The fourth-order valence-electron chi connectivity index (χ4n) is 2.14. The maximum atomic E-state index is 12.2. The van der Waals surface area contributed by atoms with E-state index in [0.717, 1.165) is 27.9 Å². The number of nitrogens with zero attached hydrogens (tertiary/aromatic N) is 2. The number of aromatic amines is 1. The van der Waals surface area contributed by atoms with Gasteiger partial charge in [0.05, 0.1) is 11.2 Å². The summed E-state index contributed by atoms with van der Waals surface area (Å²) in [4.78, 5) is 12.2. The Kier molecular flexibility index (Phi) is 2.98. The Morgan fingerprint density at radius 3 is 2.90 bits per heavy atom. The highest BCUT2D eigenvalue weighted by Gasteiger charge is 2.15. The van der Waals surface area contributed by atoms with E-state index in [9.17, 15) is 4.79 Å². The van der Waals surface area contributed by atoms with Crippen LogP contribution in [0.4, 0.5) is 0 Å². The quantitative estimate of drug-likeness (QED) is 0.763. The molecule has 3 rings (SSSR count). The van der Waals surface area contributed by atoms with Gasteiger partial charge in [-0.3, -0.25) is 9.89 Å². The summed E-state index contributed by atoms with van der Waals surface area (Å²) in [6, 6.07) is 7.52. The largest absolute Gasteiger partial charge is 0.361 e. The second-order valence-corrected chi connectivity index (χ2v) is 4.60. The Morgan fingerprint density at radius 1 is 1.35 bits per heavy atom. The van der Waals surface area contributed by atoms with Crippen LogP contribution in [0, 0.1) is 13.8 Å². The van der Waals surface area contributed by atoms with Gasteiger partial charge in [0, 0.05) is 17.5 Å². The Morgan fingerprint density at radius 2 is 2.15 bits per heavy atom. The molecule has 0 bridgehead atoms. The predicted octanol–water partition coefficient (Wildman–Crippen LogP) is 2.10. The molecule has 1 amide bonds. The van der Waals surface area contributed by atoms with Crippen molar-refractivity contribution in [1.29, 1.82) is 0 Å². The van der Waals surface area contributed by atoms with Crippen LogP contribution in [0.3, 0.4) is 0 Å². The molecule has 0 saturated carbocycles. The molecule has 3 aromatic rings. The Balaban J connectivity index is 1.80. The molecule has 102 valence electrons. The third-order valence-corrected chi connectivity index (χ3v) is 3.29. The van der Waals surface area contributed by atoms with Gasteiger partial charge in [0.2, 0.25) is 0 Å². The van der Waals surface area contributed by atoms with Gasteiger partial charge in [0.1, 0.15) is 5.76 Å². The van der Waals surface area contributed by atoms with Crippen molar-refractivity contribution < 1.29 is 9.32 Å². The number of aromatic nitrogens is 3. The first-order valence-corrected chi connectivity index (χ1v) is 6.30. The SMILES string of the molecule is Cc1noc(C)c1CNC(=O)c1n[nH]c2ccccc12. The number of fused-ring (bicyclic) bond motifs is 1. The Hall–Kier alpha value is -2.63. The minimum absolute atomic E-state index is 0.220. The van der Waals surface area contributed by atoms with Gasteiger partial charge in [0.15, 0.2) is 5.69 Å². The van der Waals surface area contributed by atoms with Crippen LogP contribution in [0.5, 0.6) is 0 Å². The number of hydrogen-bond acceptors (Lipinski definition) is 4. The predicted molar refractivity (Wildman–Crippen MR) is 73.2 cm³/mol. The van der Waals surface area contributed by atoms with E-state index in [-0.39, 0.29) is 5.91 Å². The molecule has 0 radical (unpaired) electrons. The van der Waals surface area contributed by atoms with Crippen LogP contribution >= 0.6 is 0 Å². The van der Waals surface area contributed by atoms with E-state index >= 15 is 0 Å². The number of carbonyl (C=O) groups is 1. The molecule has 0 fully saturated rings. The van der Waals surface area contributed by atoms with Crippen molar-refractivity contribution in [3.05, 3.63) is 47.0 Å². The van der Waals surface area contributed by atoms with Crippen molar-refractivity contribution in [2.45, 2.75) is 20.4 Å². The van der Waals surface area contributed by atoms with Gasteiger partial charge in [0.25, 0.3) is 5.91 Å². The van der Waals surface area contributed by atoms with E-state index in [0.29, 0.717) is 12.2 Å².